The molecule has 142 valence electrons. The molecule has 0 fully saturated rings. The van der Waals surface area contributed by atoms with E-state index >= 15 is 0 Å². The average molecular weight is 392 g/mol. The van der Waals surface area contributed by atoms with E-state index in [1.54, 1.807) is 0 Å². The standard InChI is InChI=1S/C21H21N5OS/c1-13-8-9-14(2)18(10-13)23-19(27)12-28-21-25-24-20(26(21)3)16-11-22-17-7-5-4-6-15(16)17/h4-11,22H,12H2,1-3H3,(H,23,27). The van der Waals surface area contributed by atoms with E-state index in [1.807, 2.05) is 68.1 Å². The summed E-state index contributed by atoms with van der Waals surface area (Å²) in [6, 6.07) is 14.1. The zero-order valence-corrected chi connectivity index (χ0v) is 16.8. The molecule has 1 amide bonds. The van der Waals surface area contributed by atoms with Crippen LogP contribution in [0.5, 0.6) is 0 Å². The largest absolute Gasteiger partial charge is 0.360 e. The summed E-state index contributed by atoms with van der Waals surface area (Å²) in [4.78, 5) is 15.6. The van der Waals surface area contributed by atoms with E-state index in [-0.39, 0.29) is 11.7 Å². The van der Waals surface area contributed by atoms with Crippen LogP contribution in [0.3, 0.4) is 0 Å². The highest BCUT2D eigenvalue weighted by Crippen LogP contribution is 2.29. The highest BCUT2D eigenvalue weighted by Gasteiger charge is 2.16. The molecule has 0 bridgehead atoms. The smallest absolute Gasteiger partial charge is 0.234 e. The number of anilines is 1. The van der Waals surface area contributed by atoms with Crippen LogP contribution in [0.15, 0.2) is 53.8 Å². The van der Waals surface area contributed by atoms with Gasteiger partial charge in [-0.15, -0.1) is 10.2 Å². The first-order chi connectivity index (χ1) is 13.5. The molecule has 2 aromatic carbocycles. The van der Waals surface area contributed by atoms with Gasteiger partial charge in [0.15, 0.2) is 11.0 Å². The van der Waals surface area contributed by atoms with Gasteiger partial charge in [-0.1, -0.05) is 42.1 Å². The van der Waals surface area contributed by atoms with E-state index in [0.717, 1.165) is 39.1 Å². The maximum absolute atomic E-state index is 12.4. The van der Waals surface area contributed by atoms with E-state index in [2.05, 4.69) is 26.6 Å². The van der Waals surface area contributed by atoms with Crippen LogP contribution in [0.1, 0.15) is 11.1 Å². The van der Waals surface area contributed by atoms with Crippen molar-refractivity contribution in [3.8, 4) is 11.4 Å². The lowest BCUT2D eigenvalue weighted by molar-refractivity contribution is -0.113. The molecule has 0 aliphatic heterocycles. The number of carbonyl (C=O) groups is 1. The molecular weight excluding hydrogens is 370 g/mol. The predicted molar refractivity (Wildman–Crippen MR) is 114 cm³/mol. The Hall–Kier alpha value is -3.06. The normalized spacial score (nSPS) is 11.1. The van der Waals surface area contributed by atoms with E-state index in [1.165, 1.54) is 11.8 Å². The number of carbonyl (C=O) groups excluding carboxylic acids is 1. The van der Waals surface area contributed by atoms with Gasteiger partial charge in [0.25, 0.3) is 0 Å². The lowest BCUT2D eigenvalue weighted by Crippen LogP contribution is -2.15. The number of aromatic amines is 1. The number of hydrogen-bond donors (Lipinski definition) is 2. The van der Waals surface area contributed by atoms with Crippen LogP contribution in [0.4, 0.5) is 5.69 Å². The molecule has 0 radical (unpaired) electrons. The van der Waals surface area contributed by atoms with Crippen LogP contribution in [0.2, 0.25) is 0 Å². The third-order valence-corrected chi connectivity index (χ3v) is 5.68. The van der Waals surface area contributed by atoms with Crippen molar-refractivity contribution in [2.45, 2.75) is 19.0 Å². The number of nitrogens with zero attached hydrogens (tertiary/aromatic N) is 3. The summed E-state index contributed by atoms with van der Waals surface area (Å²) in [6.45, 7) is 3.99. The maximum atomic E-state index is 12.4. The number of rotatable bonds is 5. The Morgan fingerprint density at radius 2 is 2.00 bits per heavy atom. The maximum Gasteiger partial charge on any atom is 0.234 e. The Morgan fingerprint density at radius 1 is 1.18 bits per heavy atom. The number of para-hydroxylation sites is 1. The van der Waals surface area contributed by atoms with Crippen LogP contribution in [0, 0.1) is 13.8 Å². The number of fused-ring (bicyclic) bond motifs is 1. The fourth-order valence-electron chi connectivity index (χ4n) is 3.12. The number of hydrogen-bond acceptors (Lipinski definition) is 4. The Kier molecular flexibility index (Phi) is 4.92. The van der Waals surface area contributed by atoms with Crippen molar-refractivity contribution in [2.24, 2.45) is 7.05 Å². The first-order valence-corrected chi connectivity index (χ1v) is 9.97. The molecule has 0 saturated heterocycles. The van der Waals surface area contributed by atoms with Gasteiger partial charge in [-0.2, -0.15) is 0 Å². The molecule has 2 aromatic heterocycles. The molecule has 0 unspecified atom stereocenters. The molecule has 0 saturated carbocycles. The SMILES string of the molecule is Cc1ccc(C)c(NC(=O)CSc2nnc(-c3c[nH]c4ccccc34)n2C)c1. The topological polar surface area (TPSA) is 75.6 Å². The summed E-state index contributed by atoms with van der Waals surface area (Å²) in [5, 5.41) is 13.4. The molecule has 2 N–H and O–H groups in total. The molecule has 0 spiro atoms. The Balaban J connectivity index is 1.48. The molecule has 0 aliphatic rings. The molecule has 0 atom stereocenters. The van der Waals surface area contributed by atoms with Gasteiger partial charge in [0.05, 0.1) is 5.75 Å². The highest BCUT2D eigenvalue weighted by atomic mass is 32.2. The van der Waals surface area contributed by atoms with Gasteiger partial charge in [0.2, 0.25) is 5.91 Å². The van der Waals surface area contributed by atoms with E-state index in [0.29, 0.717) is 5.16 Å². The van der Waals surface area contributed by atoms with Crippen LogP contribution >= 0.6 is 11.8 Å². The van der Waals surface area contributed by atoms with Gasteiger partial charge in [-0.3, -0.25) is 4.79 Å². The lowest BCUT2D eigenvalue weighted by atomic mass is 10.1. The Bertz CT molecular complexity index is 1160. The van der Waals surface area contributed by atoms with Crippen molar-refractivity contribution >= 4 is 34.3 Å². The third-order valence-electron chi connectivity index (χ3n) is 4.66. The van der Waals surface area contributed by atoms with Crippen molar-refractivity contribution in [2.75, 3.05) is 11.1 Å². The van der Waals surface area contributed by atoms with Crippen LogP contribution < -0.4 is 5.32 Å². The number of benzene rings is 2. The van der Waals surface area contributed by atoms with Gasteiger partial charge in [0, 0.05) is 35.4 Å². The van der Waals surface area contributed by atoms with E-state index in [9.17, 15) is 4.79 Å². The summed E-state index contributed by atoms with van der Waals surface area (Å²) in [5.41, 5.74) is 5.07. The molecule has 0 aliphatic carbocycles. The Morgan fingerprint density at radius 3 is 2.86 bits per heavy atom. The second-order valence-electron chi connectivity index (χ2n) is 6.77. The van der Waals surface area contributed by atoms with Crippen molar-refractivity contribution in [3.63, 3.8) is 0 Å². The zero-order chi connectivity index (χ0) is 19.7. The van der Waals surface area contributed by atoms with E-state index in [4.69, 9.17) is 0 Å². The average Bonchev–Trinajstić information content (AvgIpc) is 3.26. The van der Waals surface area contributed by atoms with Gasteiger partial charge >= 0.3 is 0 Å². The fourth-order valence-corrected chi connectivity index (χ4v) is 3.83. The van der Waals surface area contributed by atoms with Crippen molar-refractivity contribution in [1.82, 2.24) is 19.7 Å². The van der Waals surface area contributed by atoms with E-state index < -0.39 is 0 Å². The number of amides is 1. The van der Waals surface area contributed by atoms with Crippen LogP contribution in [-0.2, 0) is 11.8 Å². The summed E-state index contributed by atoms with van der Waals surface area (Å²) in [6.07, 6.45) is 1.94. The summed E-state index contributed by atoms with van der Waals surface area (Å²) >= 11 is 1.38. The second-order valence-corrected chi connectivity index (χ2v) is 7.71. The molecule has 7 heteroatoms. The van der Waals surface area contributed by atoms with Crippen molar-refractivity contribution in [1.29, 1.82) is 0 Å². The minimum atomic E-state index is -0.0599. The lowest BCUT2D eigenvalue weighted by Gasteiger charge is -2.09. The van der Waals surface area contributed by atoms with Gasteiger partial charge in [-0.25, -0.2) is 0 Å². The third kappa shape index (κ3) is 3.53. The summed E-state index contributed by atoms with van der Waals surface area (Å²) in [5.74, 6) is 0.984. The van der Waals surface area contributed by atoms with Gasteiger partial charge in [-0.05, 0) is 37.1 Å². The van der Waals surface area contributed by atoms with Gasteiger partial charge < -0.3 is 14.9 Å². The molecule has 4 rings (SSSR count). The van der Waals surface area contributed by atoms with Crippen LogP contribution in [-0.4, -0.2) is 31.4 Å². The van der Waals surface area contributed by atoms with Crippen molar-refractivity contribution < 1.29 is 4.79 Å². The number of thioether (sulfide) groups is 1. The predicted octanol–water partition coefficient (Wildman–Crippen LogP) is 4.31. The summed E-state index contributed by atoms with van der Waals surface area (Å²) in [7, 11) is 1.92. The quantitative estimate of drug-likeness (QED) is 0.497. The van der Waals surface area contributed by atoms with Crippen LogP contribution in [0.25, 0.3) is 22.3 Å². The number of H-pyrrole nitrogens is 1. The minimum absolute atomic E-state index is 0.0599. The first-order valence-electron chi connectivity index (χ1n) is 8.98. The highest BCUT2D eigenvalue weighted by molar-refractivity contribution is 7.99. The second kappa shape index (κ2) is 7.52. The monoisotopic (exact) mass is 391 g/mol. The number of aromatic nitrogens is 4. The minimum Gasteiger partial charge on any atom is -0.360 e. The fraction of sp³-hybridized carbons (Fsp3) is 0.190. The summed E-state index contributed by atoms with van der Waals surface area (Å²) < 4.78 is 1.92. The molecule has 6 nitrogen and oxygen atoms in total. The molecular formula is C21H21N5OS. The molecule has 28 heavy (non-hydrogen) atoms. The number of nitrogens with one attached hydrogen (secondary N) is 2. The molecule has 2 heterocycles. The number of aryl methyl sites for hydroxylation is 2. The first kappa shape index (κ1) is 18.3. The Labute approximate surface area is 167 Å². The van der Waals surface area contributed by atoms with Crippen molar-refractivity contribution in [3.05, 3.63) is 59.8 Å². The van der Waals surface area contributed by atoms with Gasteiger partial charge in [0.1, 0.15) is 0 Å². The zero-order valence-electron chi connectivity index (χ0n) is 16.0. The molecule has 4 aromatic rings.